The summed E-state index contributed by atoms with van der Waals surface area (Å²) in [5.41, 5.74) is 2.31. The van der Waals surface area contributed by atoms with Crippen molar-refractivity contribution in [3.8, 4) is 0 Å². The minimum Gasteiger partial charge on any atom is -0.309 e. The molecule has 3 aromatic rings. The second kappa shape index (κ2) is 6.94. The van der Waals surface area contributed by atoms with Crippen LogP contribution in [-0.2, 0) is 4.57 Å². The Hall–Kier alpha value is -2.63. The average Bonchev–Trinajstić information content (AvgIpc) is 3.14. The summed E-state index contributed by atoms with van der Waals surface area (Å²) in [5.74, 6) is 0.330. The van der Waals surface area contributed by atoms with Crippen molar-refractivity contribution in [2.75, 3.05) is 0 Å². The van der Waals surface area contributed by atoms with E-state index in [1.807, 2.05) is 78.9 Å². The lowest BCUT2D eigenvalue weighted by molar-refractivity contribution is 0.592. The molecule has 26 heavy (non-hydrogen) atoms. The van der Waals surface area contributed by atoms with Gasteiger partial charge in [0.1, 0.15) is 0 Å². The van der Waals surface area contributed by atoms with Crippen LogP contribution in [0.3, 0.4) is 0 Å². The van der Waals surface area contributed by atoms with Crippen molar-refractivity contribution in [3.63, 3.8) is 0 Å². The lowest BCUT2D eigenvalue weighted by Crippen LogP contribution is -2.27. The molecule has 1 aliphatic carbocycles. The number of allylic oxidation sites excluding steroid dienone is 4. The molecule has 2 heteroatoms. The first-order valence-electron chi connectivity index (χ1n) is 8.91. The highest BCUT2D eigenvalue weighted by Crippen LogP contribution is 2.45. The van der Waals surface area contributed by atoms with Gasteiger partial charge in [0.05, 0.1) is 0 Å². The highest BCUT2D eigenvalue weighted by Gasteiger charge is 2.32. The molecule has 3 aromatic carbocycles. The van der Waals surface area contributed by atoms with Crippen LogP contribution in [-0.4, -0.2) is 0 Å². The van der Waals surface area contributed by atoms with Gasteiger partial charge in [-0.25, -0.2) is 0 Å². The molecule has 0 aliphatic heterocycles. The molecule has 1 aliphatic rings. The van der Waals surface area contributed by atoms with Crippen molar-refractivity contribution >= 4 is 28.6 Å². The van der Waals surface area contributed by atoms with Crippen LogP contribution in [0.15, 0.2) is 103 Å². The summed E-state index contributed by atoms with van der Waals surface area (Å²) in [6, 6.07) is 27.9. The quantitative estimate of drug-likeness (QED) is 0.607. The van der Waals surface area contributed by atoms with Gasteiger partial charge in [-0.15, -0.1) is 0 Å². The molecule has 0 N–H and O–H groups in total. The van der Waals surface area contributed by atoms with Crippen molar-refractivity contribution < 1.29 is 4.57 Å². The molecule has 0 aromatic heterocycles. The van der Waals surface area contributed by atoms with Crippen LogP contribution in [0.25, 0.3) is 5.57 Å². The third kappa shape index (κ3) is 2.79. The summed E-state index contributed by atoms with van der Waals surface area (Å²) in [5, 5.41) is 2.66. The van der Waals surface area contributed by atoms with Crippen LogP contribution in [0, 0.1) is 5.92 Å². The van der Waals surface area contributed by atoms with Gasteiger partial charge in [-0.05, 0) is 17.1 Å². The molecule has 0 fully saturated rings. The van der Waals surface area contributed by atoms with Gasteiger partial charge in [0.2, 0.25) is 0 Å². The molecule has 0 spiro atoms. The Kier molecular flexibility index (Phi) is 4.49. The molecule has 1 atom stereocenters. The summed E-state index contributed by atoms with van der Waals surface area (Å²) in [7, 11) is -2.96. The number of rotatable bonds is 4. The monoisotopic (exact) mass is 356 g/mol. The van der Waals surface area contributed by atoms with E-state index >= 15 is 0 Å². The van der Waals surface area contributed by atoms with Gasteiger partial charge in [0, 0.05) is 15.9 Å². The molecular formula is C24H21OP. The minimum atomic E-state index is -2.96. The third-order valence-corrected chi connectivity index (χ3v) is 8.08. The number of hydrogen-bond acceptors (Lipinski definition) is 1. The molecule has 4 rings (SSSR count). The van der Waals surface area contributed by atoms with Gasteiger partial charge in [-0.2, -0.15) is 0 Å². The maximum absolute atomic E-state index is 14.7. The molecule has 0 bridgehead atoms. The van der Waals surface area contributed by atoms with Gasteiger partial charge in [-0.1, -0.05) is 110 Å². The summed E-state index contributed by atoms with van der Waals surface area (Å²) in [6.07, 6.45) is 6.42. The largest absolute Gasteiger partial charge is 0.309 e. The summed E-state index contributed by atoms with van der Waals surface area (Å²) >= 11 is 0. The zero-order valence-corrected chi connectivity index (χ0v) is 15.6. The van der Waals surface area contributed by atoms with Crippen molar-refractivity contribution in [2.24, 2.45) is 5.92 Å². The molecule has 0 amide bonds. The SMILES string of the molecule is CC1C=CC=C1c1ccccc1P(=O)(c1ccccc1)c1ccccc1. The average molecular weight is 356 g/mol. The molecule has 0 saturated carbocycles. The van der Waals surface area contributed by atoms with E-state index in [4.69, 9.17) is 0 Å². The lowest BCUT2D eigenvalue weighted by atomic mass is 9.97. The van der Waals surface area contributed by atoms with Gasteiger partial charge < -0.3 is 4.57 Å². The van der Waals surface area contributed by atoms with Crippen LogP contribution in [0.2, 0.25) is 0 Å². The summed E-state index contributed by atoms with van der Waals surface area (Å²) < 4.78 is 14.7. The van der Waals surface area contributed by atoms with Gasteiger partial charge >= 0.3 is 0 Å². The Morgan fingerprint density at radius 2 is 1.27 bits per heavy atom. The van der Waals surface area contributed by atoms with Gasteiger partial charge in [0.15, 0.2) is 7.14 Å². The molecule has 0 saturated heterocycles. The highest BCUT2D eigenvalue weighted by atomic mass is 31.2. The van der Waals surface area contributed by atoms with E-state index in [0.29, 0.717) is 5.92 Å². The maximum Gasteiger partial charge on any atom is 0.171 e. The predicted octanol–water partition coefficient (Wildman–Crippen LogP) is 4.92. The fraction of sp³-hybridized carbons (Fsp3) is 0.0833. The Morgan fingerprint density at radius 1 is 0.731 bits per heavy atom. The van der Waals surface area contributed by atoms with E-state index in [9.17, 15) is 4.57 Å². The minimum absolute atomic E-state index is 0.330. The first-order chi connectivity index (χ1) is 12.7. The smallest absolute Gasteiger partial charge is 0.171 e. The van der Waals surface area contributed by atoms with E-state index in [0.717, 1.165) is 21.5 Å². The highest BCUT2D eigenvalue weighted by molar-refractivity contribution is 7.85. The lowest BCUT2D eigenvalue weighted by Gasteiger charge is -2.24. The van der Waals surface area contributed by atoms with Crippen molar-refractivity contribution in [1.82, 2.24) is 0 Å². The number of hydrogen-bond donors (Lipinski definition) is 0. The zero-order chi connectivity index (χ0) is 18.0. The van der Waals surface area contributed by atoms with Crippen molar-refractivity contribution in [2.45, 2.75) is 6.92 Å². The van der Waals surface area contributed by atoms with Crippen LogP contribution in [0.5, 0.6) is 0 Å². The predicted molar refractivity (Wildman–Crippen MR) is 112 cm³/mol. The molecular weight excluding hydrogens is 335 g/mol. The van der Waals surface area contributed by atoms with Crippen molar-refractivity contribution in [3.05, 3.63) is 109 Å². The molecule has 128 valence electrons. The molecule has 1 nitrogen and oxygen atoms in total. The van der Waals surface area contributed by atoms with E-state index in [1.54, 1.807) is 0 Å². The second-order valence-electron chi connectivity index (χ2n) is 6.59. The number of benzene rings is 3. The van der Waals surface area contributed by atoms with Crippen LogP contribution in [0.4, 0.5) is 0 Å². The Morgan fingerprint density at radius 3 is 1.81 bits per heavy atom. The summed E-state index contributed by atoms with van der Waals surface area (Å²) in [6.45, 7) is 2.18. The van der Waals surface area contributed by atoms with E-state index in [1.165, 1.54) is 5.57 Å². The van der Waals surface area contributed by atoms with Crippen molar-refractivity contribution in [1.29, 1.82) is 0 Å². The van der Waals surface area contributed by atoms with E-state index < -0.39 is 7.14 Å². The van der Waals surface area contributed by atoms with E-state index in [2.05, 4.69) is 31.2 Å². The maximum atomic E-state index is 14.7. The molecule has 0 heterocycles. The van der Waals surface area contributed by atoms with E-state index in [-0.39, 0.29) is 0 Å². The Balaban J connectivity index is 2.00. The third-order valence-electron chi connectivity index (χ3n) is 4.96. The Labute approximate surface area is 155 Å². The fourth-order valence-electron chi connectivity index (χ4n) is 3.61. The topological polar surface area (TPSA) is 17.1 Å². The van der Waals surface area contributed by atoms with Gasteiger partial charge in [0.25, 0.3) is 0 Å². The molecule has 1 unspecified atom stereocenters. The fourth-order valence-corrected chi connectivity index (χ4v) is 6.49. The van der Waals surface area contributed by atoms with Gasteiger partial charge in [-0.3, -0.25) is 0 Å². The first-order valence-corrected chi connectivity index (χ1v) is 10.6. The van der Waals surface area contributed by atoms with Crippen LogP contribution < -0.4 is 15.9 Å². The normalized spacial score (nSPS) is 16.5. The van der Waals surface area contributed by atoms with Crippen LogP contribution in [0.1, 0.15) is 12.5 Å². The zero-order valence-electron chi connectivity index (χ0n) is 14.7. The first kappa shape index (κ1) is 16.8. The Bertz CT molecular complexity index is 973. The van der Waals surface area contributed by atoms with Crippen LogP contribution >= 0.6 is 7.14 Å². The summed E-state index contributed by atoms with van der Waals surface area (Å²) in [4.78, 5) is 0. The standard InChI is InChI=1S/C24H21OP/c1-19-11-10-17-22(19)23-16-8-9-18-24(23)26(25,20-12-4-2-5-13-20)21-14-6-3-7-15-21/h2-19H,1H3. The molecule has 0 radical (unpaired) electrons. The second-order valence-corrected chi connectivity index (χ2v) is 9.33.